The summed E-state index contributed by atoms with van der Waals surface area (Å²) in [5.41, 5.74) is -0.192. The number of carbonyl (C=O) groups is 3. The summed E-state index contributed by atoms with van der Waals surface area (Å²) in [7, 11) is -2.65. The molecule has 37 heavy (non-hydrogen) atoms. The number of hydrogen-bond acceptors (Lipinski definition) is 7. The first-order valence-corrected chi connectivity index (χ1v) is 12.3. The molecule has 0 saturated heterocycles. The van der Waals surface area contributed by atoms with E-state index in [1.54, 1.807) is 0 Å². The number of non-ortho nitro benzene ring substituents is 1. The van der Waals surface area contributed by atoms with Gasteiger partial charge in [-0.3, -0.25) is 10.1 Å². The molecule has 3 rings (SSSR count). The number of carbonyl (C=O) groups excluding carboxylic acids is 1. The van der Waals surface area contributed by atoms with Crippen molar-refractivity contribution in [2.75, 3.05) is 20.1 Å². The average molecular weight is 533 g/mol. The van der Waals surface area contributed by atoms with Gasteiger partial charge in [0.1, 0.15) is 0 Å². The highest BCUT2D eigenvalue weighted by molar-refractivity contribution is 7.89. The van der Waals surface area contributed by atoms with Crippen LogP contribution >= 0.6 is 0 Å². The van der Waals surface area contributed by atoms with E-state index >= 15 is 0 Å². The van der Waals surface area contributed by atoms with Gasteiger partial charge in [-0.15, -0.1) is 0 Å². The van der Waals surface area contributed by atoms with Gasteiger partial charge in [-0.25, -0.2) is 27.1 Å². The molecule has 2 aromatic rings. The molecule has 1 unspecified atom stereocenters. The van der Waals surface area contributed by atoms with Crippen molar-refractivity contribution in [1.82, 2.24) is 14.5 Å². The minimum Gasteiger partial charge on any atom is -0.478 e. The molecular weight excluding hydrogens is 508 g/mol. The normalized spacial score (nSPS) is 16.0. The summed E-state index contributed by atoms with van der Waals surface area (Å²) < 4.78 is 26.8. The van der Waals surface area contributed by atoms with Crippen LogP contribution in [0.5, 0.6) is 0 Å². The number of hydrogen-bond donors (Lipinski definition) is 3. The first-order valence-electron chi connectivity index (χ1n) is 10.9. The van der Waals surface area contributed by atoms with Crippen LogP contribution in [0.2, 0.25) is 0 Å². The highest BCUT2D eigenvalue weighted by Gasteiger charge is 2.38. The number of nitrogens with zero attached hydrogens (tertiary/aromatic N) is 3. The lowest BCUT2D eigenvalue weighted by Gasteiger charge is -2.37. The summed E-state index contributed by atoms with van der Waals surface area (Å²) in [6.07, 6.45) is 0.105. The molecule has 0 aromatic heterocycles. The maximum atomic E-state index is 12.9. The molecule has 3 N–H and O–H groups in total. The average Bonchev–Trinajstić information content (AvgIpc) is 2.84. The second-order valence-electron chi connectivity index (χ2n) is 8.23. The van der Waals surface area contributed by atoms with Gasteiger partial charge in [0.15, 0.2) is 0 Å². The number of amides is 2. The summed E-state index contributed by atoms with van der Waals surface area (Å²) in [5.74, 6) is -2.51. The van der Waals surface area contributed by atoms with Crippen molar-refractivity contribution in [3.63, 3.8) is 0 Å². The number of nitrogens with one attached hydrogen (secondary N) is 1. The Labute approximate surface area is 211 Å². The number of carboxylic acid groups (broad SMARTS) is 2. The van der Waals surface area contributed by atoms with Gasteiger partial charge in [0.05, 0.1) is 27.0 Å². The van der Waals surface area contributed by atoms with Crippen LogP contribution in [0.4, 0.5) is 10.5 Å². The second-order valence-corrected chi connectivity index (χ2v) is 10.3. The number of sulfonamides is 1. The van der Waals surface area contributed by atoms with E-state index in [9.17, 15) is 38.0 Å². The summed E-state index contributed by atoms with van der Waals surface area (Å²) in [5, 5.41) is 32.6. The third kappa shape index (κ3) is 5.76. The van der Waals surface area contributed by atoms with Crippen molar-refractivity contribution < 1.29 is 37.9 Å². The predicted octanol–water partition coefficient (Wildman–Crippen LogP) is 2.43. The van der Waals surface area contributed by atoms with Crippen molar-refractivity contribution in [3.05, 3.63) is 81.0 Å². The fourth-order valence-corrected chi connectivity index (χ4v) is 5.18. The molecule has 2 amide bonds. The Bertz CT molecular complexity index is 1390. The summed E-state index contributed by atoms with van der Waals surface area (Å²) in [4.78, 5) is 47.6. The van der Waals surface area contributed by atoms with Crippen LogP contribution in [0.3, 0.4) is 0 Å². The van der Waals surface area contributed by atoms with E-state index < -0.39 is 39.0 Å². The number of benzene rings is 2. The van der Waals surface area contributed by atoms with Crippen LogP contribution < -0.4 is 5.32 Å². The molecule has 1 heterocycles. The highest BCUT2D eigenvalue weighted by Crippen LogP contribution is 2.35. The van der Waals surface area contributed by atoms with Crippen LogP contribution in [0, 0.1) is 10.1 Å². The minimum atomic E-state index is -3.97. The Morgan fingerprint density at radius 2 is 1.78 bits per heavy atom. The lowest BCUT2D eigenvalue weighted by atomic mass is 9.93. The smallest absolute Gasteiger partial charge is 0.335 e. The van der Waals surface area contributed by atoms with Gasteiger partial charge in [-0.05, 0) is 43.2 Å². The Balaban J connectivity index is 1.83. The number of nitro benzene ring substituents is 1. The zero-order valence-corrected chi connectivity index (χ0v) is 20.6. The van der Waals surface area contributed by atoms with Gasteiger partial charge in [0.2, 0.25) is 10.0 Å². The Kier molecular flexibility index (Phi) is 7.93. The van der Waals surface area contributed by atoms with Crippen molar-refractivity contribution in [2.24, 2.45) is 0 Å². The van der Waals surface area contributed by atoms with Gasteiger partial charge in [0.25, 0.3) is 5.69 Å². The van der Waals surface area contributed by atoms with Crippen LogP contribution in [0.15, 0.2) is 64.7 Å². The van der Waals surface area contributed by atoms with E-state index in [0.717, 1.165) is 4.31 Å². The quantitative estimate of drug-likeness (QED) is 0.305. The molecule has 196 valence electrons. The van der Waals surface area contributed by atoms with E-state index in [4.69, 9.17) is 5.11 Å². The number of carboxylic acids is 2. The van der Waals surface area contributed by atoms with Gasteiger partial charge < -0.3 is 20.4 Å². The molecule has 2 aromatic carbocycles. The molecular formula is C23H24N4O9S. The number of allylic oxidation sites excluding steroid dienone is 1. The predicted molar refractivity (Wildman–Crippen MR) is 129 cm³/mol. The Morgan fingerprint density at radius 3 is 2.35 bits per heavy atom. The molecule has 0 spiro atoms. The highest BCUT2D eigenvalue weighted by atomic mass is 32.2. The van der Waals surface area contributed by atoms with Crippen LogP contribution in [0.1, 0.15) is 35.3 Å². The molecule has 1 aliphatic rings. The molecule has 1 atom stereocenters. The first kappa shape index (κ1) is 27.3. The standard InChI is InChI=1S/C23H24N4O9S/c1-14-19(22(30)31)20(16-5-3-6-17(13-16)27(33)34)26(23(32)24-14)12-4-11-25(2)37(35,36)18-9-7-15(8-10-18)21(28)29/h3,5-10,13,20H,4,11-12H2,1-2H3,(H,24,32)(H,28,29)(H,30,31). The summed E-state index contributed by atoms with van der Waals surface area (Å²) in [6.45, 7) is 1.29. The number of nitro groups is 1. The number of urea groups is 1. The largest absolute Gasteiger partial charge is 0.478 e. The molecule has 14 heteroatoms. The van der Waals surface area contributed by atoms with Crippen LogP contribution in [-0.2, 0) is 14.8 Å². The zero-order chi connectivity index (χ0) is 27.5. The number of aliphatic carboxylic acids is 1. The lowest BCUT2D eigenvalue weighted by molar-refractivity contribution is -0.384. The zero-order valence-electron chi connectivity index (χ0n) is 19.8. The van der Waals surface area contributed by atoms with Crippen LogP contribution in [-0.4, -0.2) is 70.9 Å². The monoisotopic (exact) mass is 532 g/mol. The molecule has 0 fully saturated rings. The molecule has 0 saturated carbocycles. The van der Waals surface area contributed by atoms with Gasteiger partial charge >= 0.3 is 18.0 Å². The fourth-order valence-electron chi connectivity index (χ4n) is 3.97. The molecule has 13 nitrogen and oxygen atoms in total. The minimum absolute atomic E-state index is 0.0560. The SMILES string of the molecule is CC1=C(C(=O)O)C(c2cccc([N+](=O)[O-])c2)N(CCCN(C)S(=O)(=O)c2ccc(C(=O)O)cc2)C(=O)N1. The van der Waals surface area contributed by atoms with Gasteiger partial charge in [-0.1, -0.05) is 12.1 Å². The summed E-state index contributed by atoms with van der Waals surface area (Å²) >= 11 is 0. The van der Waals surface area contributed by atoms with Crippen molar-refractivity contribution >= 4 is 33.7 Å². The van der Waals surface area contributed by atoms with E-state index in [0.29, 0.717) is 0 Å². The van der Waals surface area contributed by atoms with Crippen molar-refractivity contribution in [1.29, 1.82) is 0 Å². The lowest BCUT2D eigenvalue weighted by Crippen LogP contribution is -2.49. The number of aromatic carboxylic acids is 1. The third-order valence-corrected chi connectivity index (χ3v) is 7.72. The van der Waals surface area contributed by atoms with E-state index in [2.05, 4.69) is 5.32 Å². The van der Waals surface area contributed by atoms with E-state index in [1.165, 1.54) is 67.4 Å². The molecule has 0 bridgehead atoms. The molecule has 0 aliphatic carbocycles. The van der Waals surface area contributed by atoms with E-state index in [1.807, 2.05) is 0 Å². The fraction of sp³-hybridized carbons (Fsp3) is 0.261. The van der Waals surface area contributed by atoms with Gasteiger partial charge in [0, 0.05) is 38.0 Å². The Hall–Kier alpha value is -4.30. The maximum absolute atomic E-state index is 12.9. The van der Waals surface area contributed by atoms with E-state index in [-0.39, 0.29) is 52.5 Å². The Morgan fingerprint density at radius 1 is 1.14 bits per heavy atom. The maximum Gasteiger partial charge on any atom is 0.335 e. The third-order valence-electron chi connectivity index (χ3n) is 5.85. The molecule has 1 aliphatic heterocycles. The first-order chi connectivity index (χ1) is 17.3. The molecule has 0 radical (unpaired) electrons. The summed E-state index contributed by atoms with van der Waals surface area (Å²) in [6, 6.07) is 8.25. The van der Waals surface area contributed by atoms with Crippen molar-refractivity contribution in [2.45, 2.75) is 24.3 Å². The van der Waals surface area contributed by atoms with Crippen molar-refractivity contribution in [3.8, 4) is 0 Å². The van der Waals surface area contributed by atoms with Gasteiger partial charge in [-0.2, -0.15) is 0 Å². The van der Waals surface area contributed by atoms with Crippen LogP contribution in [0.25, 0.3) is 0 Å². The topological polar surface area (TPSA) is 187 Å². The number of rotatable bonds is 10. The second kappa shape index (κ2) is 10.8.